The predicted molar refractivity (Wildman–Crippen MR) is 71.4 cm³/mol. The van der Waals surface area contributed by atoms with Gasteiger partial charge in [-0.15, -0.1) is 0 Å². The summed E-state index contributed by atoms with van der Waals surface area (Å²) in [6.45, 7) is 4.02. The highest BCUT2D eigenvalue weighted by molar-refractivity contribution is 7.93. The van der Waals surface area contributed by atoms with E-state index in [0.29, 0.717) is 0 Å². The maximum absolute atomic E-state index is 12.5. The molecule has 0 saturated heterocycles. The van der Waals surface area contributed by atoms with Gasteiger partial charge in [-0.25, -0.2) is 13.4 Å². The van der Waals surface area contributed by atoms with Crippen molar-refractivity contribution in [1.29, 1.82) is 0 Å². The molecule has 1 heterocycles. The minimum Gasteiger partial charge on any atom is -0.310 e. The van der Waals surface area contributed by atoms with Crippen LogP contribution in [0.4, 0.5) is 19.0 Å². The first-order valence-corrected chi connectivity index (χ1v) is 7.65. The quantitative estimate of drug-likeness (QED) is 0.921. The van der Waals surface area contributed by atoms with E-state index in [1.54, 1.807) is 0 Å². The number of alkyl halides is 3. The molecule has 118 valence electrons. The average Bonchev–Trinajstić information content (AvgIpc) is 2.36. The second-order valence-corrected chi connectivity index (χ2v) is 7.50. The van der Waals surface area contributed by atoms with Gasteiger partial charge >= 0.3 is 6.18 Å². The Kier molecular flexibility index (Phi) is 4.98. The van der Waals surface area contributed by atoms with Gasteiger partial charge in [0.15, 0.2) is 9.84 Å². The number of nitrogens with zero attached hydrogens (tertiary/aromatic N) is 1. The zero-order chi connectivity index (χ0) is 16.4. The van der Waals surface area contributed by atoms with Crippen LogP contribution in [0.1, 0.15) is 26.5 Å². The van der Waals surface area contributed by atoms with Crippen LogP contribution in [0.2, 0.25) is 0 Å². The number of rotatable bonds is 4. The molecule has 0 fully saturated rings. The Morgan fingerprint density at radius 2 is 1.81 bits per heavy atom. The van der Waals surface area contributed by atoms with E-state index in [1.165, 1.54) is 20.8 Å². The smallest absolute Gasteiger partial charge is 0.310 e. The summed E-state index contributed by atoms with van der Waals surface area (Å²) in [5.41, 5.74) is -1.17. The monoisotopic (exact) mass is 324 g/mol. The molecule has 1 amide bonds. The molecule has 1 N–H and O–H groups in total. The topological polar surface area (TPSA) is 76.1 Å². The molecule has 5 nitrogen and oxygen atoms in total. The zero-order valence-corrected chi connectivity index (χ0v) is 12.4. The van der Waals surface area contributed by atoms with Crippen LogP contribution in [0.25, 0.3) is 0 Å². The third kappa shape index (κ3) is 4.16. The summed E-state index contributed by atoms with van der Waals surface area (Å²) in [6.07, 6.45) is -4.64. The molecule has 0 bridgehead atoms. The van der Waals surface area contributed by atoms with Gasteiger partial charge in [0.25, 0.3) is 0 Å². The summed E-state index contributed by atoms with van der Waals surface area (Å²) in [5.74, 6) is -1.27. The van der Waals surface area contributed by atoms with Crippen LogP contribution in [-0.2, 0) is 20.8 Å². The van der Waals surface area contributed by atoms with Gasteiger partial charge in [-0.1, -0.05) is 6.07 Å². The first-order chi connectivity index (χ1) is 9.46. The summed E-state index contributed by atoms with van der Waals surface area (Å²) >= 11 is 0. The number of aromatic nitrogens is 1. The normalized spacial score (nSPS) is 14.0. The van der Waals surface area contributed by atoms with Crippen molar-refractivity contribution in [1.82, 2.24) is 4.98 Å². The van der Waals surface area contributed by atoms with Crippen molar-refractivity contribution < 1.29 is 26.4 Å². The SMILES string of the molecule is CC(C)S(=O)(=O)C(C)C(=O)Nc1cccc(C(F)(F)F)n1. The maximum Gasteiger partial charge on any atom is 0.433 e. The Bertz CT molecular complexity index is 627. The Balaban J connectivity index is 2.95. The molecule has 0 saturated carbocycles. The number of amides is 1. The first kappa shape index (κ1) is 17.4. The summed E-state index contributed by atoms with van der Waals surface area (Å²) in [7, 11) is -3.70. The van der Waals surface area contributed by atoms with Crippen LogP contribution >= 0.6 is 0 Å². The van der Waals surface area contributed by atoms with Gasteiger partial charge in [0.2, 0.25) is 5.91 Å². The van der Waals surface area contributed by atoms with Gasteiger partial charge in [0.05, 0.1) is 5.25 Å². The van der Waals surface area contributed by atoms with Gasteiger partial charge < -0.3 is 5.32 Å². The first-order valence-electron chi connectivity index (χ1n) is 6.04. The van der Waals surface area contributed by atoms with Crippen molar-refractivity contribution in [2.24, 2.45) is 0 Å². The Morgan fingerprint density at radius 3 is 2.29 bits per heavy atom. The lowest BCUT2D eigenvalue weighted by Gasteiger charge is -2.15. The highest BCUT2D eigenvalue weighted by Gasteiger charge is 2.34. The minimum absolute atomic E-state index is 0.347. The van der Waals surface area contributed by atoms with Crippen molar-refractivity contribution in [3.63, 3.8) is 0 Å². The van der Waals surface area contributed by atoms with Gasteiger partial charge in [0.1, 0.15) is 16.8 Å². The molecular weight excluding hydrogens is 309 g/mol. The fraction of sp³-hybridized carbons (Fsp3) is 0.500. The molecular formula is C12H15F3N2O3S. The second-order valence-electron chi connectivity index (χ2n) is 4.68. The standard InChI is InChI=1S/C12H15F3N2O3S/c1-7(2)21(19,20)8(3)11(18)17-10-6-4-5-9(16-10)12(13,14)15/h4-8H,1-3H3,(H,16,17,18). The van der Waals surface area contributed by atoms with Crippen LogP contribution < -0.4 is 5.32 Å². The van der Waals surface area contributed by atoms with Crippen LogP contribution in [0.5, 0.6) is 0 Å². The molecule has 0 aromatic carbocycles. The van der Waals surface area contributed by atoms with Gasteiger partial charge in [-0.3, -0.25) is 4.79 Å². The molecule has 9 heteroatoms. The maximum atomic E-state index is 12.5. The van der Waals surface area contributed by atoms with Crippen molar-refractivity contribution in [2.45, 2.75) is 37.4 Å². The predicted octanol–water partition coefficient (Wildman–Crippen LogP) is 2.25. The molecule has 0 spiro atoms. The van der Waals surface area contributed by atoms with E-state index in [2.05, 4.69) is 10.3 Å². The number of carbonyl (C=O) groups excluding carboxylic acids is 1. The van der Waals surface area contributed by atoms with Crippen molar-refractivity contribution in [3.05, 3.63) is 23.9 Å². The van der Waals surface area contributed by atoms with E-state index in [9.17, 15) is 26.4 Å². The zero-order valence-electron chi connectivity index (χ0n) is 11.6. The lowest BCUT2D eigenvalue weighted by atomic mass is 10.3. The molecule has 0 aliphatic carbocycles. The average molecular weight is 324 g/mol. The number of halogens is 3. The Morgan fingerprint density at radius 1 is 1.24 bits per heavy atom. The van der Waals surface area contributed by atoms with Crippen molar-refractivity contribution in [3.8, 4) is 0 Å². The highest BCUT2D eigenvalue weighted by Crippen LogP contribution is 2.28. The highest BCUT2D eigenvalue weighted by atomic mass is 32.2. The molecule has 1 aromatic heterocycles. The van der Waals surface area contributed by atoms with E-state index in [0.717, 1.165) is 18.2 Å². The minimum atomic E-state index is -4.64. The molecule has 1 unspecified atom stereocenters. The van der Waals surface area contributed by atoms with E-state index in [4.69, 9.17) is 0 Å². The lowest BCUT2D eigenvalue weighted by molar-refractivity contribution is -0.141. The molecule has 0 aliphatic rings. The number of pyridine rings is 1. The molecule has 1 rings (SSSR count). The van der Waals surface area contributed by atoms with Gasteiger partial charge in [-0.2, -0.15) is 13.2 Å². The third-order valence-corrected chi connectivity index (χ3v) is 5.32. The van der Waals surface area contributed by atoms with Crippen molar-refractivity contribution in [2.75, 3.05) is 5.32 Å². The summed E-state index contributed by atoms with van der Waals surface area (Å²) in [4.78, 5) is 15.1. The fourth-order valence-corrected chi connectivity index (χ4v) is 2.62. The van der Waals surface area contributed by atoms with Crippen LogP contribution in [-0.4, -0.2) is 29.8 Å². The molecule has 1 aromatic rings. The van der Waals surface area contributed by atoms with Crippen LogP contribution in [0.15, 0.2) is 18.2 Å². The molecule has 21 heavy (non-hydrogen) atoms. The van der Waals surface area contributed by atoms with Gasteiger partial charge in [0, 0.05) is 0 Å². The Hall–Kier alpha value is -1.64. The van der Waals surface area contributed by atoms with E-state index in [-0.39, 0.29) is 5.82 Å². The summed E-state index contributed by atoms with van der Waals surface area (Å²) < 4.78 is 61.1. The largest absolute Gasteiger partial charge is 0.433 e. The fourth-order valence-electron chi connectivity index (χ4n) is 1.45. The number of hydrogen-bond donors (Lipinski definition) is 1. The van der Waals surface area contributed by atoms with Gasteiger partial charge in [-0.05, 0) is 32.9 Å². The number of nitrogens with one attached hydrogen (secondary N) is 1. The number of hydrogen-bond acceptors (Lipinski definition) is 4. The molecule has 0 radical (unpaired) electrons. The summed E-state index contributed by atoms with van der Waals surface area (Å²) in [6, 6.07) is 2.98. The Labute approximate surface area is 120 Å². The van der Waals surface area contributed by atoms with Crippen molar-refractivity contribution >= 4 is 21.6 Å². The number of carbonyl (C=O) groups is 1. The number of anilines is 1. The molecule has 1 atom stereocenters. The van der Waals surface area contributed by atoms with Crippen LogP contribution in [0, 0.1) is 0 Å². The van der Waals surface area contributed by atoms with Crippen LogP contribution in [0.3, 0.4) is 0 Å². The number of sulfone groups is 1. The molecule has 0 aliphatic heterocycles. The lowest BCUT2D eigenvalue weighted by Crippen LogP contribution is -2.36. The van der Waals surface area contributed by atoms with E-state index < -0.39 is 38.1 Å². The van der Waals surface area contributed by atoms with E-state index in [1.807, 2.05) is 0 Å². The summed E-state index contributed by atoms with van der Waals surface area (Å²) in [5, 5.41) is -0.0654. The van der Waals surface area contributed by atoms with E-state index >= 15 is 0 Å². The second kappa shape index (κ2) is 6.00. The third-order valence-electron chi connectivity index (χ3n) is 2.81.